The van der Waals surface area contributed by atoms with Crippen molar-refractivity contribution in [3.63, 3.8) is 0 Å². The van der Waals surface area contributed by atoms with E-state index in [0.717, 1.165) is 30.3 Å². The van der Waals surface area contributed by atoms with Crippen molar-refractivity contribution in [1.82, 2.24) is 0 Å². The van der Waals surface area contributed by atoms with E-state index in [4.69, 9.17) is 16.3 Å². The van der Waals surface area contributed by atoms with Crippen LogP contribution in [0.15, 0.2) is 60.7 Å². The first-order chi connectivity index (χ1) is 15.3. The van der Waals surface area contributed by atoms with Crippen LogP contribution in [0.5, 0.6) is 11.5 Å². The molecule has 4 nitrogen and oxygen atoms in total. The number of hydrogen-bond acceptors (Lipinski definition) is 3. The van der Waals surface area contributed by atoms with Gasteiger partial charge in [-0.1, -0.05) is 23.7 Å². The summed E-state index contributed by atoms with van der Waals surface area (Å²) in [4.78, 5) is 12.5. The molecule has 1 amide bonds. The number of amides is 1. The monoisotopic (exact) mass is 489 g/mol. The lowest BCUT2D eigenvalue weighted by Crippen LogP contribution is -2.15. The minimum Gasteiger partial charge on any atom is -0.507 e. The number of halogens is 7. The Morgan fingerprint density at radius 3 is 2.24 bits per heavy atom. The van der Waals surface area contributed by atoms with Crippen molar-refractivity contribution < 1.29 is 41.0 Å². The van der Waals surface area contributed by atoms with Gasteiger partial charge in [0.1, 0.15) is 18.1 Å². The van der Waals surface area contributed by atoms with Crippen LogP contribution in [-0.2, 0) is 19.0 Å². The Morgan fingerprint density at radius 2 is 1.58 bits per heavy atom. The smallest absolute Gasteiger partial charge is 0.416 e. The summed E-state index contributed by atoms with van der Waals surface area (Å²) in [6.45, 7) is -0.416. The summed E-state index contributed by atoms with van der Waals surface area (Å²) < 4.78 is 83.6. The molecule has 0 unspecified atom stereocenters. The number of phenols is 1. The van der Waals surface area contributed by atoms with Crippen molar-refractivity contribution in [3.8, 4) is 11.5 Å². The van der Waals surface area contributed by atoms with Gasteiger partial charge in [-0.3, -0.25) is 4.79 Å². The van der Waals surface area contributed by atoms with Crippen LogP contribution in [-0.4, -0.2) is 11.0 Å². The molecule has 174 valence electrons. The molecule has 33 heavy (non-hydrogen) atoms. The van der Waals surface area contributed by atoms with Crippen LogP contribution in [0.4, 0.5) is 32.0 Å². The molecule has 0 atom stereocenters. The Balaban J connectivity index is 1.90. The molecule has 0 radical (unpaired) electrons. The summed E-state index contributed by atoms with van der Waals surface area (Å²) in [6, 6.07) is 10.0. The van der Waals surface area contributed by atoms with Crippen LogP contribution in [0.1, 0.15) is 27.0 Å². The first-order valence-corrected chi connectivity index (χ1v) is 9.52. The second-order valence-electron chi connectivity index (χ2n) is 6.81. The Kier molecular flexibility index (Phi) is 6.78. The van der Waals surface area contributed by atoms with E-state index in [-0.39, 0.29) is 21.9 Å². The Morgan fingerprint density at radius 1 is 0.909 bits per heavy atom. The lowest BCUT2D eigenvalue weighted by Gasteiger charge is -2.16. The van der Waals surface area contributed by atoms with E-state index < -0.39 is 47.4 Å². The molecule has 3 rings (SSSR count). The van der Waals surface area contributed by atoms with Crippen molar-refractivity contribution in [3.05, 3.63) is 87.9 Å². The summed E-state index contributed by atoms with van der Waals surface area (Å²) in [5.74, 6) is -1.66. The molecular weight excluding hydrogens is 476 g/mol. The molecule has 3 aromatic carbocycles. The summed E-state index contributed by atoms with van der Waals surface area (Å²) in [5.41, 5.74) is -2.61. The Hall–Kier alpha value is -3.40. The third-order valence-corrected chi connectivity index (χ3v) is 4.64. The maximum atomic E-state index is 13.2. The fourth-order valence-corrected chi connectivity index (χ4v) is 2.98. The molecule has 3 aromatic rings. The van der Waals surface area contributed by atoms with Gasteiger partial charge in [0.2, 0.25) is 0 Å². The van der Waals surface area contributed by atoms with E-state index in [9.17, 15) is 36.2 Å². The Labute approximate surface area is 188 Å². The van der Waals surface area contributed by atoms with E-state index >= 15 is 0 Å². The molecule has 0 saturated carbocycles. The third-order valence-electron chi connectivity index (χ3n) is 4.41. The number of rotatable bonds is 5. The average Bonchev–Trinajstić information content (AvgIpc) is 2.73. The Bertz CT molecular complexity index is 1180. The highest BCUT2D eigenvalue weighted by molar-refractivity contribution is 6.31. The minimum absolute atomic E-state index is 0.100. The van der Waals surface area contributed by atoms with E-state index in [1.807, 2.05) is 0 Å². The molecule has 0 aliphatic rings. The van der Waals surface area contributed by atoms with Crippen molar-refractivity contribution in [1.29, 1.82) is 0 Å². The lowest BCUT2D eigenvalue weighted by atomic mass is 10.1. The molecular formula is C22H14ClF6NO3. The normalized spacial score (nSPS) is 11.8. The van der Waals surface area contributed by atoms with Crippen LogP contribution in [0, 0.1) is 0 Å². The van der Waals surface area contributed by atoms with Crippen molar-refractivity contribution >= 4 is 23.2 Å². The van der Waals surface area contributed by atoms with Gasteiger partial charge >= 0.3 is 12.4 Å². The number of carbonyl (C=O) groups is 1. The zero-order valence-corrected chi connectivity index (χ0v) is 17.1. The number of ether oxygens (including phenoxy) is 1. The van der Waals surface area contributed by atoms with E-state index in [0.29, 0.717) is 12.1 Å². The van der Waals surface area contributed by atoms with Crippen LogP contribution in [0.2, 0.25) is 5.02 Å². The van der Waals surface area contributed by atoms with Gasteiger partial charge in [0.05, 0.1) is 22.4 Å². The van der Waals surface area contributed by atoms with Gasteiger partial charge in [-0.2, -0.15) is 26.3 Å². The number of carbonyl (C=O) groups excluding carboxylic acids is 1. The molecule has 0 heterocycles. The van der Waals surface area contributed by atoms with Gasteiger partial charge in [0, 0.05) is 5.02 Å². The number of hydrogen-bond donors (Lipinski definition) is 2. The van der Waals surface area contributed by atoms with Crippen molar-refractivity contribution in [2.24, 2.45) is 0 Å². The highest BCUT2D eigenvalue weighted by atomic mass is 35.5. The molecule has 0 bridgehead atoms. The summed E-state index contributed by atoms with van der Waals surface area (Å²) in [7, 11) is 0. The first-order valence-electron chi connectivity index (χ1n) is 9.14. The second-order valence-corrected chi connectivity index (χ2v) is 7.25. The number of alkyl halides is 6. The van der Waals surface area contributed by atoms with Crippen molar-refractivity contribution in [2.45, 2.75) is 19.0 Å². The number of benzene rings is 3. The lowest BCUT2D eigenvalue weighted by molar-refractivity contribution is -0.138. The number of anilines is 1. The van der Waals surface area contributed by atoms with E-state index in [1.54, 1.807) is 0 Å². The fourth-order valence-electron chi connectivity index (χ4n) is 2.81. The third kappa shape index (κ3) is 6.10. The summed E-state index contributed by atoms with van der Waals surface area (Å²) >= 11 is 5.80. The zero-order valence-electron chi connectivity index (χ0n) is 16.4. The maximum Gasteiger partial charge on any atom is 0.416 e. The van der Waals surface area contributed by atoms with Crippen LogP contribution in [0.3, 0.4) is 0 Å². The highest BCUT2D eigenvalue weighted by Crippen LogP contribution is 2.36. The quantitative estimate of drug-likeness (QED) is 0.383. The molecule has 0 aromatic heterocycles. The number of aromatic hydroxyl groups is 1. The predicted octanol–water partition coefficient (Wildman–Crippen LogP) is 6.91. The first kappa shape index (κ1) is 24.2. The molecule has 0 aliphatic carbocycles. The van der Waals surface area contributed by atoms with E-state index in [2.05, 4.69) is 5.32 Å². The van der Waals surface area contributed by atoms with Crippen LogP contribution < -0.4 is 10.1 Å². The van der Waals surface area contributed by atoms with Gasteiger partial charge in [-0.25, -0.2) is 0 Å². The van der Waals surface area contributed by atoms with Gasteiger partial charge in [0.15, 0.2) is 0 Å². The standard InChI is InChI=1S/C22H14ClF6NO3/c23-15-5-6-18(31)16(10-15)20(32)30-17-9-14(22(27,28)29)4-7-19(17)33-11-12-2-1-3-13(8-12)21(24,25)26/h1-10,31H,11H2,(H,30,32). The van der Waals surface area contributed by atoms with E-state index in [1.165, 1.54) is 18.2 Å². The largest absolute Gasteiger partial charge is 0.507 e. The van der Waals surface area contributed by atoms with Gasteiger partial charge < -0.3 is 15.2 Å². The van der Waals surface area contributed by atoms with Gasteiger partial charge in [0.25, 0.3) is 5.91 Å². The molecule has 0 fully saturated rings. The molecule has 11 heteroatoms. The minimum atomic E-state index is -4.74. The SMILES string of the molecule is O=C(Nc1cc(C(F)(F)F)ccc1OCc1cccc(C(F)(F)F)c1)c1cc(Cl)ccc1O. The molecule has 0 aliphatic heterocycles. The number of phenolic OH excluding ortho intramolecular Hbond substituents is 1. The van der Waals surface area contributed by atoms with Crippen molar-refractivity contribution in [2.75, 3.05) is 5.32 Å². The molecule has 2 N–H and O–H groups in total. The van der Waals surface area contributed by atoms with Crippen LogP contribution in [0.25, 0.3) is 0 Å². The zero-order chi connectivity index (χ0) is 24.4. The van der Waals surface area contributed by atoms with Gasteiger partial charge in [-0.05, 0) is 54.1 Å². The average molecular weight is 490 g/mol. The summed E-state index contributed by atoms with van der Waals surface area (Å²) in [6.07, 6.45) is -9.32. The highest BCUT2D eigenvalue weighted by Gasteiger charge is 2.32. The number of nitrogens with one attached hydrogen (secondary N) is 1. The van der Waals surface area contributed by atoms with Gasteiger partial charge in [-0.15, -0.1) is 0 Å². The second kappa shape index (κ2) is 9.22. The topological polar surface area (TPSA) is 58.6 Å². The summed E-state index contributed by atoms with van der Waals surface area (Å²) in [5, 5.41) is 12.2. The molecule has 0 spiro atoms. The fraction of sp³-hybridized carbons (Fsp3) is 0.136. The van der Waals surface area contributed by atoms with Crippen LogP contribution >= 0.6 is 11.6 Å². The molecule has 0 saturated heterocycles. The predicted molar refractivity (Wildman–Crippen MR) is 108 cm³/mol. The maximum absolute atomic E-state index is 13.2.